The third-order valence-corrected chi connectivity index (χ3v) is 5.68. The summed E-state index contributed by atoms with van der Waals surface area (Å²) < 4.78 is 27.2. The van der Waals surface area contributed by atoms with Crippen LogP contribution in [0.3, 0.4) is 0 Å². The Morgan fingerprint density at radius 3 is 2.31 bits per heavy atom. The van der Waals surface area contributed by atoms with Crippen LogP contribution >= 0.6 is 12.2 Å². The Labute approximate surface area is 191 Å². The molecule has 2 aliphatic rings. The van der Waals surface area contributed by atoms with Gasteiger partial charge in [-0.15, -0.1) is 0 Å². The Kier molecular flexibility index (Phi) is 6.09. The summed E-state index contributed by atoms with van der Waals surface area (Å²) >= 11 is 5.71. The number of nitrogens with zero attached hydrogens (tertiary/aromatic N) is 1. The van der Waals surface area contributed by atoms with Crippen molar-refractivity contribution < 1.29 is 28.5 Å². The van der Waals surface area contributed by atoms with E-state index in [4.69, 9.17) is 35.9 Å². The second-order valence-corrected chi connectivity index (χ2v) is 7.57. The Morgan fingerprint density at radius 2 is 1.69 bits per heavy atom. The van der Waals surface area contributed by atoms with Crippen LogP contribution in [0.5, 0.6) is 23.0 Å². The molecular weight excluding hydrogens is 432 g/mol. The highest BCUT2D eigenvalue weighted by atomic mass is 32.1. The Bertz CT molecular complexity index is 1080. The molecule has 0 aromatic heterocycles. The number of rotatable bonds is 5. The normalized spacial score (nSPS) is 17.6. The number of thiocarbonyl (C=S) groups is 1. The first-order valence-corrected chi connectivity index (χ1v) is 10.4. The number of methoxy groups -OCH3 is 3. The minimum atomic E-state index is -0.549. The molecule has 0 saturated heterocycles. The van der Waals surface area contributed by atoms with Gasteiger partial charge in [-0.25, -0.2) is 4.79 Å². The molecule has 168 valence electrons. The molecule has 8 nitrogen and oxygen atoms in total. The third kappa shape index (κ3) is 3.91. The highest BCUT2D eigenvalue weighted by Crippen LogP contribution is 2.39. The van der Waals surface area contributed by atoms with Crippen LogP contribution in [0.1, 0.15) is 18.5 Å². The van der Waals surface area contributed by atoms with Crippen LogP contribution in [0.4, 0.5) is 5.69 Å². The van der Waals surface area contributed by atoms with Crippen molar-refractivity contribution in [2.24, 2.45) is 0 Å². The van der Waals surface area contributed by atoms with Gasteiger partial charge in [0.1, 0.15) is 24.7 Å². The monoisotopic (exact) mass is 456 g/mol. The van der Waals surface area contributed by atoms with Gasteiger partial charge in [0.05, 0.1) is 38.6 Å². The van der Waals surface area contributed by atoms with Crippen LogP contribution in [-0.2, 0) is 9.53 Å². The predicted octanol–water partition coefficient (Wildman–Crippen LogP) is 3.36. The van der Waals surface area contributed by atoms with E-state index in [9.17, 15) is 4.79 Å². The maximum atomic E-state index is 12.9. The van der Waals surface area contributed by atoms with Gasteiger partial charge in [0.2, 0.25) is 0 Å². The predicted molar refractivity (Wildman–Crippen MR) is 123 cm³/mol. The Morgan fingerprint density at radius 1 is 1.03 bits per heavy atom. The molecule has 0 radical (unpaired) electrons. The molecule has 0 unspecified atom stereocenters. The van der Waals surface area contributed by atoms with Crippen LogP contribution in [0, 0.1) is 0 Å². The molecule has 2 aliphatic heterocycles. The van der Waals surface area contributed by atoms with Crippen LogP contribution in [0.2, 0.25) is 0 Å². The zero-order chi connectivity index (χ0) is 22.8. The fraction of sp³-hybridized carbons (Fsp3) is 0.304. The lowest BCUT2D eigenvalue weighted by molar-refractivity contribution is -0.136. The van der Waals surface area contributed by atoms with E-state index >= 15 is 0 Å². The number of nitrogens with one attached hydrogen (secondary N) is 1. The van der Waals surface area contributed by atoms with E-state index in [0.717, 1.165) is 11.3 Å². The van der Waals surface area contributed by atoms with E-state index in [1.165, 1.54) is 7.11 Å². The van der Waals surface area contributed by atoms with Crippen molar-refractivity contribution in [1.82, 2.24) is 5.32 Å². The van der Waals surface area contributed by atoms with Gasteiger partial charge in [-0.1, -0.05) is 0 Å². The van der Waals surface area contributed by atoms with Crippen molar-refractivity contribution in [2.75, 3.05) is 39.4 Å². The van der Waals surface area contributed by atoms with E-state index in [1.807, 2.05) is 37.3 Å². The minimum Gasteiger partial charge on any atom is -0.497 e. The molecule has 2 aromatic carbocycles. The number of fused-ring (bicyclic) bond motifs is 1. The van der Waals surface area contributed by atoms with Gasteiger partial charge >= 0.3 is 5.97 Å². The molecule has 9 heteroatoms. The standard InChI is InChI=1S/C23H24N2O6S/c1-13-20(22(26)29-4)21(14-9-16(27-2)12-17(10-14)28-3)24-23(32)25(13)15-5-6-18-19(11-15)31-8-7-30-18/h5-6,9-12,21H,7-8H2,1-4H3,(H,24,32)/t21-/m1/s1. The van der Waals surface area contributed by atoms with Crippen molar-refractivity contribution in [2.45, 2.75) is 13.0 Å². The number of allylic oxidation sites excluding steroid dienone is 1. The zero-order valence-corrected chi connectivity index (χ0v) is 19.1. The first-order valence-electron chi connectivity index (χ1n) is 9.99. The summed E-state index contributed by atoms with van der Waals surface area (Å²) in [5.41, 5.74) is 2.56. The lowest BCUT2D eigenvalue weighted by atomic mass is 9.94. The maximum Gasteiger partial charge on any atom is 0.337 e. The second-order valence-electron chi connectivity index (χ2n) is 7.18. The van der Waals surface area contributed by atoms with Gasteiger partial charge in [0.25, 0.3) is 0 Å². The molecule has 2 aromatic rings. The average Bonchev–Trinajstić information content (AvgIpc) is 2.82. The molecular formula is C23H24N2O6S. The number of hydrogen-bond acceptors (Lipinski definition) is 7. The van der Waals surface area contributed by atoms with E-state index in [-0.39, 0.29) is 0 Å². The summed E-state index contributed by atoms with van der Waals surface area (Å²) in [6.07, 6.45) is 0. The van der Waals surface area contributed by atoms with Gasteiger partial charge in [0, 0.05) is 17.8 Å². The highest BCUT2D eigenvalue weighted by Gasteiger charge is 2.36. The molecule has 1 atom stereocenters. The van der Waals surface area contributed by atoms with Crippen molar-refractivity contribution in [3.05, 3.63) is 53.2 Å². The van der Waals surface area contributed by atoms with Gasteiger partial charge in [-0.3, -0.25) is 4.90 Å². The molecule has 0 spiro atoms. The Hall–Kier alpha value is -3.46. The summed E-state index contributed by atoms with van der Waals surface area (Å²) in [5, 5.41) is 3.70. The van der Waals surface area contributed by atoms with E-state index in [0.29, 0.717) is 52.6 Å². The largest absolute Gasteiger partial charge is 0.497 e. The van der Waals surface area contributed by atoms with Gasteiger partial charge in [0.15, 0.2) is 16.6 Å². The average molecular weight is 457 g/mol. The lowest BCUT2D eigenvalue weighted by Crippen LogP contribution is -2.48. The van der Waals surface area contributed by atoms with Gasteiger partial charge < -0.3 is 29.0 Å². The van der Waals surface area contributed by atoms with Crippen LogP contribution < -0.4 is 29.2 Å². The smallest absolute Gasteiger partial charge is 0.337 e. The highest BCUT2D eigenvalue weighted by molar-refractivity contribution is 7.80. The molecule has 4 rings (SSSR count). The molecule has 0 bridgehead atoms. The summed E-state index contributed by atoms with van der Waals surface area (Å²) in [6.45, 7) is 2.81. The van der Waals surface area contributed by atoms with Crippen molar-refractivity contribution in [3.63, 3.8) is 0 Å². The van der Waals surface area contributed by atoms with E-state index < -0.39 is 12.0 Å². The van der Waals surface area contributed by atoms with Crippen molar-refractivity contribution >= 4 is 29.0 Å². The summed E-state index contributed by atoms with van der Waals surface area (Å²) in [5.74, 6) is 2.04. The number of benzene rings is 2. The van der Waals surface area contributed by atoms with Crippen LogP contribution in [-0.4, -0.2) is 45.6 Å². The van der Waals surface area contributed by atoms with E-state index in [2.05, 4.69) is 5.32 Å². The summed E-state index contributed by atoms with van der Waals surface area (Å²) in [7, 11) is 4.50. The fourth-order valence-corrected chi connectivity index (χ4v) is 4.21. The van der Waals surface area contributed by atoms with Crippen LogP contribution in [0.25, 0.3) is 0 Å². The molecule has 0 amide bonds. The first-order chi connectivity index (χ1) is 15.5. The number of esters is 1. The Balaban J connectivity index is 1.82. The van der Waals surface area contributed by atoms with Gasteiger partial charge in [-0.2, -0.15) is 0 Å². The number of anilines is 1. The number of hydrogen-bond donors (Lipinski definition) is 1. The summed E-state index contributed by atoms with van der Waals surface area (Å²) in [4.78, 5) is 14.7. The lowest BCUT2D eigenvalue weighted by Gasteiger charge is -2.37. The second kappa shape index (κ2) is 8.96. The molecule has 0 saturated carbocycles. The molecule has 2 heterocycles. The molecule has 32 heavy (non-hydrogen) atoms. The van der Waals surface area contributed by atoms with Crippen molar-refractivity contribution in [1.29, 1.82) is 0 Å². The van der Waals surface area contributed by atoms with Gasteiger partial charge in [-0.05, 0) is 49.0 Å². The molecule has 1 N–H and O–H groups in total. The van der Waals surface area contributed by atoms with Crippen LogP contribution in [0.15, 0.2) is 47.7 Å². The quantitative estimate of drug-likeness (QED) is 0.538. The zero-order valence-electron chi connectivity index (χ0n) is 18.3. The number of carbonyl (C=O) groups excluding carboxylic acids is 1. The molecule has 0 aliphatic carbocycles. The third-order valence-electron chi connectivity index (χ3n) is 5.38. The maximum absolute atomic E-state index is 12.9. The SMILES string of the molecule is COC(=O)C1=C(C)N(c2ccc3c(c2)OCCO3)C(=S)N[C@@H]1c1cc(OC)cc(OC)c1. The number of ether oxygens (including phenoxy) is 5. The summed E-state index contributed by atoms with van der Waals surface area (Å²) in [6, 6.07) is 10.4. The first kappa shape index (κ1) is 21.8. The van der Waals surface area contributed by atoms with Crippen molar-refractivity contribution in [3.8, 4) is 23.0 Å². The molecule has 0 fully saturated rings. The van der Waals surface area contributed by atoms with E-state index in [1.54, 1.807) is 25.2 Å². The number of carbonyl (C=O) groups is 1. The fourth-order valence-electron chi connectivity index (χ4n) is 3.85. The minimum absolute atomic E-state index is 0.422. The topological polar surface area (TPSA) is 78.5 Å².